The maximum Gasteiger partial charge on any atom is 0.253 e. The molecule has 0 aliphatic carbocycles. The predicted molar refractivity (Wildman–Crippen MR) is 150 cm³/mol. The van der Waals surface area contributed by atoms with Gasteiger partial charge >= 0.3 is 0 Å². The highest BCUT2D eigenvalue weighted by molar-refractivity contribution is 7.91. The number of nitrogens with one attached hydrogen (secondary N) is 2. The van der Waals surface area contributed by atoms with Crippen molar-refractivity contribution in [3.05, 3.63) is 71.8 Å². The smallest absolute Gasteiger partial charge is 0.253 e. The van der Waals surface area contributed by atoms with Gasteiger partial charge in [0.15, 0.2) is 0 Å². The van der Waals surface area contributed by atoms with Crippen LogP contribution in [0.3, 0.4) is 0 Å². The van der Waals surface area contributed by atoms with Crippen molar-refractivity contribution < 1.29 is 13.7 Å². The maximum atomic E-state index is 12.7. The molecule has 0 bridgehead atoms. The molecule has 1 aliphatic rings. The molecule has 0 radical (unpaired) electrons. The zero-order valence-corrected chi connectivity index (χ0v) is 23.2. The number of nitrogens with zero attached hydrogens (tertiary/aromatic N) is 5. The summed E-state index contributed by atoms with van der Waals surface area (Å²) in [5.74, 6) is 0.511. The number of fused-ring (bicyclic) bond motifs is 1. The van der Waals surface area contributed by atoms with Gasteiger partial charge in [0.2, 0.25) is 0 Å². The second-order valence-electron chi connectivity index (χ2n) is 9.94. The topological polar surface area (TPSA) is 134 Å². The van der Waals surface area contributed by atoms with Crippen LogP contribution in [0.25, 0.3) is 22.3 Å². The zero-order chi connectivity index (χ0) is 27.7. The summed E-state index contributed by atoms with van der Waals surface area (Å²) in [4.78, 5) is 33.6. The Bertz CT molecular complexity index is 1650. The Morgan fingerprint density at radius 3 is 2.56 bits per heavy atom. The summed E-state index contributed by atoms with van der Waals surface area (Å²) in [6.07, 6.45) is 4.74. The first-order valence-electron chi connectivity index (χ1n) is 12.7. The van der Waals surface area contributed by atoms with Gasteiger partial charge in [-0.3, -0.25) is 14.8 Å². The van der Waals surface area contributed by atoms with Crippen molar-refractivity contribution in [1.82, 2.24) is 25.3 Å². The fourth-order valence-electron chi connectivity index (χ4n) is 4.71. The number of aromatic nitrogens is 4. The minimum absolute atomic E-state index is 0.138. The summed E-state index contributed by atoms with van der Waals surface area (Å²) >= 11 is 0. The van der Waals surface area contributed by atoms with Crippen molar-refractivity contribution in [1.29, 1.82) is 4.78 Å². The summed E-state index contributed by atoms with van der Waals surface area (Å²) in [5.41, 5.74) is 3.62. The first-order valence-corrected chi connectivity index (χ1v) is 14.7. The minimum atomic E-state index is -3.00. The lowest BCUT2D eigenvalue weighted by atomic mass is 10.1. The molecule has 202 valence electrons. The molecule has 1 fully saturated rings. The number of ether oxygens (including phenoxy) is 1. The minimum Gasteiger partial charge on any atom is -0.372 e. The van der Waals surface area contributed by atoms with Crippen molar-refractivity contribution in [2.75, 3.05) is 24.2 Å². The summed E-state index contributed by atoms with van der Waals surface area (Å²) in [6, 6.07) is 13.2. The average molecular weight is 546 g/mol. The lowest BCUT2D eigenvalue weighted by Crippen LogP contribution is -2.45. The summed E-state index contributed by atoms with van der Waals surface area (Å²) < 4.78 is 25.9. The monoisotopic (exact) mass is 545 g/mol. The lowest BCUT2D eigenvalue weighted by Gasteiger charge is -2.36. The standard InChI is InChI=1S/C28H31N7O3S/c1-17-15-35(16-18(2)38-17)27-7-5-6-23(34-27)24-9-8-20-12-31-22(11-25(20)33-24)14-32-28(36)21-10-26(39(4,29)37)19(3)30-13-21/h5-13,17-18,29H,14-16H2,1-4H3,(H,32,36)/t17-,18+,39?. The van der Waals surface area contributed by atoms with Crippen LogP contribution in [0.15, 0.2) is 59.8 Å². The van der Waals surface area contributed by atoms with Crippen molar-refractivity contribution in [2.45, 2.75) is 44.4 Å². The SMILES string of the molecule is Cc1ncc(C(=O)NCc2cc3nc(-c4cccc(N5C[C@@H](C)O[C@@H](C)C5)n4)ccc3cn2)cc1S(C)(=N)=O. The van der Waals surface area contributed by atoms with E-state index in [4.69, 9.17) is 19.5 Å². The molecule has 10 nitrogen and oxygen atoms in total. The van der Waals surface area contributed by atoms with Crippen molar-refractivity contribution in [3.8, 4) is 11.4 Å². The predicted octanol–water partition coefficient (Wildman–Crippen LogP) is 3.97. The first kappa shape index (κ1) is 26.6. The molecule has 4 aromatic rings. The highest BCUT2D eigenvalue weighted by atomic mass is 32.2. The van der Waals surface area contributed by atoms with Gasteiger partial charge < -0.3 is 15.0 Å². The summed E-state index contributed by atoms with van der Waals surface area (Å²) in [6.45, 7) is 7.56. The Balaban J connectivity index is 1.34. The largest absolute Gasteiger partial charge is 0.372 e. The van der Waals surface area contributed by atoms with Gasteiger partial charge in [0.05, 0.1) is 67.2 Å². The molecule has 5 heterocycles. The molecule has 1 saturated heterocycles. The first-order chi connectivity index (χ1) is 18.6. The molecule has 2 N–H and O–H groups in total. The van der Waals surface area contributed by atoms with E-state index < -0.39 is 9.73 Å². The third kappa shape index (κ3) is 6.04. The van der Waals surface area contributed by atoms with Crippen LogP contribution in [0.1, 0.15) is 35.6 Å². The summed E-state index contributed by atoms with van der Waals surface area (Å²) in [7, 11) is -3.00. The van der Waals surface area contributed by atoms with Crippen LogP contribution in [0.2, 0.25) is 0 Å². The van der Waals surface area contributed by atoms with E-state index in [1.807, 2.05) is 36.4 Å². The fourth-order valence-corrected chi connectivity index (χ4v) is 5.68. The van der Waals surface area contributed by atoms with Crippen LogP contribution in [-0.4, -0.2) is 61.6 Å². The molecule has 0 aromatic carbocycles. The number of hydrogen-bond donors (Lipinski definition) is 2. The molecule has 39 heavy (non-hydrogen) atoms. The van der Waals surface area contributed by atoms with Crippen LogP contribution >= 0.6 is 0 Å². The van der Waals surface area contributed by atoms with Gasteiger partial charge in [0, 0.05) is 37.1 Å². The van der Waals surface area contributed by atoms with Gasteiger partial charge in [0.25, 0.3) is 5.91 Å². The molecule has 0 saturated carbocycles. The molecule has 11 heteroatoms. The van der Waals surface area contributed by atoms with Gasteiger partial charge in [-0.2, -0.15) is 0 Å². The highest BCUT2D eigenvalue weighted by Gasteiger charge is 2.23. The molecular formula is C28H31N7O3S. The Kier molecular flexibility index (Phi) is 7.28. The average Bonchev–Trinajstić information content (AvgIpc) is 2.90. The van der Waals surface area contributed by atoms with E-state index in [0.29, 0.717) is 11.4 Å². The van der Waals surface area contributed by atoms with Crippen molar-refractivity contribution >= 4 is 32.4 Å². The second kappa shape index (κ2) is 10.7. The zero-order valence-electron chi connectivity index (χ0n) is 22.3. The van der Waals surface area contributed by atoms with Crippen molar-refractivity contribution in [3.63, 3.8) is 0 Å². The van der Waals surface area contributed by atoms with Gasteiger partial charge in [-0.1, -0.05) is 6.07 Å². The maximum absolute atomic E-state index is 12.7. The molecule has 1 aliphatic heterocycles. The Labute approximate surface area is 227 Å². The number of anilines is 1. The van der Waals surface area contributed by atoms with E-state index >= 15 is 0 Å². The van der Waals surface area contributed by atoms with Gasteiger partial charge in [0.1, 0.15) is 5.82 Å². The van der Waals surface area contributed by atoms with E-state index in [2.05, 4.69) is 34.0 Å². The molecular weight excluding hydrogens is 514 g/mol. The molecule has 4 aromatic heterocycles. The van der Waals surface area contributed by atoms with Crippen molar-refractivity contribution in [2.24, 2.45) is 0 Å². The van der Waals surface area contributed by atoms with E-state index in [0.717, 1.165) is 41.2 Å². The second-order valence-corrected chi connectivity index (χ2v) is 12.1. The van der Waals surface area contributed by atoms with Gasteiger partial charge in [-0.05, 0) is 57.2 Å². The van der Waals surface area contributed by atoms with Gasteiger partial charge in [-0.15, -0.1) is 0 Å². The normalized spacial score (nSPS) is 19.0. The number of morpholine rings is 1. The lowest BCUT2D eigenvalue weighted by molar-refractivity contribution is -0.00545. The van der Waals surface area contributed by atoms with E-state index in [1.165, 1.54) is 18.5 Å². The van der Waals surface area contributed by atoms with Crippen LogP contribution in [0, 0.1) is 11.7 Å². The number of carbonyl (C=O) groups excluding carboxylic acids is 1. The fraction of sp³-hybridized carbons (Fsp3) is 0.321. The molecule has 1 unspecified atom stereocenters. The molecule has 1 amide bonds. The number of pyridine rings is 4. The molecule has 0 spiro atoms. The number of aryl methyl sites for hydroxylation is 1. The third-order valence-corrected chi connectivity index (χ3v) is 7.78. The van der Waals surface area contributed by atoms with E-state index in [1.54, 1.807) is 13.1 Å². The van der Waals surface area contributed by atoms with Crippen LogP contribution in [0.5, 0.6) is 0 Å². The van der Waals surface area contributed by atoms with E-state index in [-0.39, 0.29) is 35.1 Å². The Morgan fingerprint density at radius 2 is 1.82 bits per heavy atom. The van der Waals surface area contributed by atoms with Crippen LogP contribution < -0.4 is 10.2 Å². The molecule has 5 rings (SSSR count). The number of amides is 1. The van der Waals surface area contributed by atoms with Crippen LogP contribution in [-0.2, 0) is 21.0 Å². The Hall–Kier alpha value is -3.96. The van der Waals surface area contributed by atoms with E-state index in [9.17, 15) is 9.00 Å². The Morgan fingerprint density at radius 1 is 1.08 bits per heavy atom. The number of rotatable bonds is 6. The molecule has 3 atom stereocenters. The summed E-state index contributed by atoms with van der Waals surface area (Å²) in [5, 5.41) is 3.70. The van der Waals surface area contributed by atoms with Crippen LogP contribution in [0.4, 0.5) is 5.82 Å². The number of hydrogen-bond acceptors (Lipinski definition) is 9. The highest BCUT2D eigenvalue weighted by Crippen LogP contribution is 2.24. The van der Waals surface area contributed by atoms with Gasteiger partial charge in [-0.25, -0.2) is 19.0 Å². The quantitative estimate of drug-likeness (QED) is 0.372. The third-order valence-electron chi connectivity index (χ3n) is 6.52. The number of carbonyl (C=O) groups is 1.